The molecule has 4 nitrogen and oxygen atoms in total. The van der Waals surface area contributed by atoms with Gasteiger partial charge in [0.2, 0.25) is 0 Å². The summed E-state index contributed by atoms with van der Waals surface area (Å²) in [6.45, 7) is 5.85. The summed E-state index contributed by atoms with van der Waals surface area (Å²) < 4.78 is 19.8. The molecule has 1 N–H and O–H groups in total. The van der Waals surface area contributed by atoms with Crippen LogP contribution in [0.25, 0.3) is 11.1 Å². The fourth-order valence-electron chi connectivity index (χ4n) is 2.21. The van der Waals surface area contributed by atoms with E-state index in [1.807, 2.05) is 19.9 Å². The number of hydrogen-bond donors (Lipinski definition) is 1. The third-order valence-corrected chi connectivity index (χ3v) is 3.74. The maximum Gasteiger partial charge on any atom is 0.266 e. The number of nitriles is 1. The summed E-state index contributed by atoms with van der Waals surface area (Å²) in [7, 11) is 0. The van der Waals surface area contributed by atoms with Gasteiger partial charge < -0.3 is 9.72 Å². The van der Waals surface area contributed by atoms with Gasteiger partial charge in [-0.25, -0.2) is 4.39 Å². The number of nitrogens with one attached hydrogen (secondary N) is 1. The highest BCUT2D eigenvalue weighted by Gasteiger charge is 2.13. The monoisotopic (exact) mass is 314 g/mol. The first-order valence-corrected chi connectivity index (χ1v) is 7.50. The third kappa shape index (κ3) is 3.85. The van der Waals surface area contributed by atoms with E-state index in [-0.39, 0.29) is 18.3 Å². The Balaban J connectivity index is 2.38. The average molecular weight is 314 g/mol. The van der Waals surface area contributed by atoms with Crippen molar-refractivity contribution in [3.05, 3.63) is 57.3 Å². The maximum absolute atomic E-state index is 14.3. The molecule has 23 heavy (non-hydrogen) atoms. The number of benzene rings is 1. The van der Waals surface area contributed by atoms with Crippen molar-refractivity contribution in [2.75, 3.05) is 0 Å². The highest BCUT2D eigenvalue weighted by Crippen LogP contribution is 2.24. The van der Waals surface area contributed by atoms with Crippen LogP contribution in [0.3, 0.4) is 0 Å². The van der Waals surface area contributed by atoms with Gasteiger partial charge in [0.15, 0.2) is 0 Å². The summed E-state index contributed by atoms with van der Waals surface area (Å²) in [5, 5.41) is 9.16. The molecular formula is C18H19FN2O2. The van der Waals surface area contributed by atoms with Crippen molar-refractivity contribution in [1.82, 2.24) is 4.98 Å². The zero-order valence-electron chi connectivity index (χ0n) is 13.4. The Hall–Kier alpha value is -2.45. The van der Waals surface area contributed by atoms with Crippen LogP contribution in [0.5, 0.6) is 0 Å². The first kappa shape index (κ1) is 16.9. The fraction of sp³-hybridized carbons (Fsp3) is 0.333. The smallest absolute Gasteiger partial charge is 0.266 e. The second-order valence-electron chi connectivity index (χ2n) is 5.52. The van der Waals surface area contributed by atoms with Gasteiger partial charge >= 0.3 is 0 Å². The van der Waals surface area contributed by atoms with Crippen molar-refractivity contribution in [2.45, 2.75) is 39.9 Å². The molecule has 2 aromatic rings. The lowest BCUT2D eigenvalue weighted by Crippen LogP contribution is -2.13. The van der Waals surface area contributed by atoms with Gasteiger partial charge in [0.05, 0.1) is 12.7 Å². The molecule has 0 spiro atoms. The third-order valence-electron chi connectivity index (χ3n) is 3.74. The standard InChI is InChI=1S/C18H19FN2O2/c1-4-12(3)23-10-14-6-5-13(8-17(14)19)15-7-11(2)21-18(22)16(15)9-20/h5-8,12H,4,10H2,1-3H3,(H,21,22). The number of nitrogens with zero attached hydrogens (tertiary/aromatic N) is 1. The highest BCUT2D eigenvalue weighted by atomic mass is 19.1. The fourth-order valence-corrected chi connectivity index (χ4v) is 2.21. The zero-order chi connectivity index (χ0) is 17.0. The molecule has 5 heteroatoms. The van der Waals surface area contributed by atoms with Crippen molar-refractivity contribution in [2.24, 2.45) is 0 Å². The number of pyridine rings is 1. The van der Waals surface area contributed by atoms with Crippen molar-refractivity contribution < 1.29 is 9.13 Å². The molecule has 0 bridgehead atoms. The Labute approximate surface area is 134 Å². The normalized spacial score (nSPS) is 12.0. The Bertz CT molecular complexity index is 806. The predicted octanol–water partition coefficient (Wildman–Crippen LogP) is 3.68. The zero-order valence-corrected chi connectivity index (χ0v) is 13.4. The summed E-state index contributed by atoms with van der Waals surface area (Å²) >= 11 is 0. The number of aromatic amines is 1. The van der Waals surface area contributed by atoms with Gasteiger partial charge in [-0.1, -0.05) is 19.1 Å². The summed E-state index contributed by atoms with van der Waals surface area (Å²) in [6, 6.07) is 8.22. The van der Waals surface area contributed by atoms with E-state index in [0.29, 0.717) is 22.4 Å². The van der Waals surface area contributed by atoms with Crippen LogP contribution in [0.4, 0.5) is 4.39 Å². The summed E-state index contributed by atoms with van der Waals surface area (Å²) in [4.78, 5) is 14.4. The van der Waals surface area contributed by atoms with Crippen molar-refractivity contribution in [3.8, 4) is 17.2 Å². The van der Waals surface area contributed by atoms with Crippen LogP contribution in [-0.4, -0.2) is 11.1 Å². The van der Waals surface area contributed by atoms with E-state index in [0.717, 1.165) is 6.42 Å². The molecule has 0 fully saturated rings. The number of ether oxygens (including phenoxy) is 1. The van der Waals surface area contributed by atoms with Crippen LogP contribution in [0, 0.1) is 24.1 Å². The lowest BCUT2D eigenvalue weighted by Gasteiger charge is -2.12. The molecule has 1 atom stereocenters. The highest BCUT2D eigenvalue weighted by molar-refractivity contribution is 5.70. The van der Waals surface area contributed by atoms with Gasteiger partial charge in [-0.2, -0.15) is 5.26 Å². The molecule has 1 heterocycles. The van der Waals surface area contributed by atoms with Gasteiger partial charge in [-0.3, -0.25) is 4.79 Å². The van der Waals surface area contributed by atoms with E-state index in [9.17, 15) is 9.18 Å². The van der Waals surface area contributed by atoms with E-state index in [4.69, 9.17) is 10.00 Å². The Morgan fingerprint density at radius 1 is 1.39 bits per heavy atom. The van der Waals surface area contributed by atoms with Gasteiger partial charge in [0, 0.05) is 16.8 Å². The molecule has 0 amide bonds. The van der Waals surface area contributed by atoms with Crippen LogP contribution >= 0.6 is 0 Å². The number of halogens is 1. The van der Waals surface area contributed by atoms with Crippen LogP contribution in [0.1, 0.15) is 37.1 Å². The molecule has 0 saturated carbocycles. The van der Waals surface area contributed by atoms with E-state index in [1.165, 1.54) is 6.07 Å². The Morgan fingerprint density at radius 3 is 2.74 bits per heavy atom. The first-order valence-electron chi connectivity index (χ1n) is 7.50. The molecule has 0 radical (unpaired) electrons. The minimum atomic E-state index is -0.466. The number of aryl methyl sites for hydroxylation is 1. The minimum Gasteiger partial charge on any atom is -0.374 e. The van der Waals surface area contributed by atoms with Crippen molar-refractivity contribution >= 4 is 0 Å². The summed E-state index contributed by atoms with van der Waals surface area (Å²) in [6.07, 6.45) is 0.923. The molecule has 1 aromatic carbocycles. The summed E-state index contributed by atoms with van der Waals surface area (Å²) in [5.41, 5.74) is 1.52. The number of H-pyrrole nitrogens is 1. The van der Waals surface area contributed by atoms with Gasteiger partial charge in [-0.15, -0.1) is 0 Å². The SMILES string of the molecule is CCC(C)OCc1ccc(-c2cc(C)[nH]c(=O)c2C#N)cc1F. The molecule has 0 aliphatic heterocycles. The first-order chi connectivity index (χ1) is 11.0. The molecule has 0 aliphatic carbocycles. The molecular weight excluding hydrogens is 295 g/mol. The largest absolute Gasteiger partial charge is 0.374 e. The topological polar surface area (TPSA) is 65.9 Å². The van der Waals surface area contributed by atoms with Gasteiger partial charge in [0.1, 0.15) is 17.4 Å². The van der Waals surface area contributed by atoms with E-state index < -0.39 is 11.4 Å². The van der Waals surface area contributed by atoms with Gasteiger partial charge in [-0.05, 0) is 38.0 Å². The lowest BCUT2D eigenvalue weighted by molar-refractivity contribution is 0.0492. The van der Waals surface area contributed by atoms with Crippen LogP contribution in [-0.2, 0) is 11.3 Å². The van der Waals surface area contributed by atoms with Crippen molar-refractivity contribution in [1.29, 1.82) is 5.26 Å². The van der Waals surface area contributed by atoms with E-state index >= 15 is 0 Å². The summed E-state index contributed by atoms with van der Waals surface area (Å²) in [5.74, 6) is -0.410. The van der Waals surface area contributed by atoms with Gasteiger partial charge in [0.25, 0.3) is 5.56 Å². The Kier molecular flexibility index (Phi) is 5.30. The molecule has 1 aromatic heterocycles. The second kappa shape index (κ2) is 7.21. The van der Waals surface area contributed by atoms with Crippen molar-refractivity contribution in [3.63, 3.8) is 0 Å². The van der Waals surface area contributed by atoms with Crippen LogP contribution < -0.4 is 5.56 Å². The van der Waals surface area contributed by atoms with E-state index in [2.05, 4.69) is 4.98 Å². The molecule has 0 saturated heterocycles. The maximum atomic E-state index is 14.3. The minimum absolute atomic E-state index is 0.0152. The quantitative estimate of drug-likeness (QED) is 0.915. The van der Waals surface area contributed by atoms with Crippen LogP contribution in [0.2, 0.25) is 0 Å². The number of hydrogen-bond acceptors (Lipinski definition) is 3. The predicted molar refractivity (Wildman–Crippen MR) is 86.5 cm³/mol. The second-order valence-corrected chi connectivity index (χ2v) is 5.52. The molecule has 2 rings (SSSR count). The molecule has 1 unspecified atom stereocenters. The lowest BCUT2D eigenvalue weighted by atomic mass is 9.99. The number of rotatable bonds is 5. The average Bonchev–Trinajstić information content (AvgIpc) is 2.52. The molecule has 0 aliphatic rings. The Morgan fingerprint density at radius 2 is 2.13 bits per heavy atom. The molecule has 120 valence electrons. The number of aromatic nitrogens is 1. The van der Waals surface area contributed by atoms with E-state index in [1.54, 1.807) is 25.1 Å². The van der Waals surface area contributed by atoms with Crippen LogP contribution in [0.15, 0.2) is 29.1 Å².